The van der Waals surface area contributed by atoms with Crippen LogP contribution in [0, 0.1) is 20.7 Å². The molecule has 4 heteroatoms. The molecular formula is C61H51N3O. The molecule has 0 saturated heterocycles. The van der Waals surface area contributed by atoms with Crippen molar-refractivity contribution in [3.8, 4) is 89.7 Å². The summed E-state index contributed by atoms with van der Waals surface area (Å²) in [6, 6.07) is 63.6. The first kappa shape index (κ1) is 37.7. The molecule has 65 heavy (non-hydrogen) atoms. The Labute approximate surface area is 386 Å². The highest BCUT2D eigenvalue weighted by Gasteiger charge is 2.25. The predicted octanol–water partition coefficient (Wildman–Crippen LogP) is 16.0. The lowest BCUT2D eigenvalue weighted by Crippen LogP contribution is -2.10. The molecule has 0 spiro atoms. The number of nitrogens with zero attached hydrogens (tertiary/aromatic N) is 3. The van der Waals surface area contributed by atoms with E-state index in [4.69, 9.17) is 14.1 Å². The number of para-hydroxylation sites is 1. The number of rotatable bonds is 8. The molecule has 316 valence electrons. The van der Waals surface area contributed by atoms with Crippen molar-refractivity contribution in [3.05, 3.63) is 217 Å². The second-order valence-corrected chi connectivity index (χ2v) is 18.0. The van der Waals surface area contributed by atoms with Crippen LogP contribution in [0.25, 0.3) is 95.0 Å². The molecule has 0 fully saturated rings. The maximum absolute atomic E-state index is 12.0. The summed E-state index contributed by atoms with van der Waals surface area (Å²) >= 11 is 0. The number of phenolic OH excluding ortho intramolecular Hbond substituents is 1. The van der Waals surface area contributed by atoms with Crippen LogP contribution in [-0.4, -0.2) is 19.6 Å². The molecule has 0 atom stereocenters. The molecular weight excluding hydrogens is 791 g/mol. The van der Waals surface area contributed by atoms with Gasteiger partial charge in [0.1, 0.15) is 11.6 Å². The lowest BCUT2D eigenvalue weighted by molar-refractivity contribution is 0.472. The van der Waals surface area contributed by atoms with Gasteiger partial charge in [-0.2, -0.15) is 0 Å². The number of benzene rings is 8. The fraction of sp³-hybridized carbons (Fsp3) is 0.115. The molecule has 0 aliphatic rings. The minimum Gasteiger partial charge on any atom is -0.507 e. The van der Waals surface area contributed by atoms with E-state index >= 15 is 0 Å². The van der Waals surface area contributed by atoms with Crippen LogP contribution in [0.3, 0.4) is 0 Å². The third-order valence-corrected chi connectivity index (χ3v) is 12.4. The van der Waals surface area contributed by atoms with Crippen molar-refractivity contribution in [2.24, 2.45) is 0 Å². The normalized spacial score (nSPS) is 12.5. The van der Waals surface area contributed by atoms with Crippen molar-refractivity contribution in [1.29, 1.82) is 0 Å². The van der Waals surface area contributed by atoms with Crippen molar-refractivity contribution in [3.63, 3.8) is 0 Å². The number of aromatic hydroxyl groups is 1. The molecule has 0 amide bonds. The number of hydrogen-bond acceptors (Lipinski definition) is 3. The van der Waals surface area contributed by atoms with Gasteiger partial charge in [-0.3, -0.25) is 9.55 Å². The highest BCUT2D eigenvalue weighted by Crippen LogP contribution is 2.44. The van der Waals surface area contributed by atoms with Gasteiger partial charge in [-0.15, -0.1) is 0 Å². The summed E-state index contributed by atoms with van der Waals surface area (Å²) < 4.78 is 29.1. The third-order valence-electron chi connectivity index (χ3n) is 12.4. The lowest BCUT2D eigenvalue weighted by atomic mass is 9.85. The summed E-state index contributed by atoms with van der Waals surface area (Å²) in [6.45, 7) is 7.94. The van der Waals surface area contributed by atoms with E-state index in [1.165, 1.54) is 0 Å². The highest BCUT2D eigenvalue weighted by atomic mass is 16.3. The summed E-state index contributed by atoms with van der Waals surface area (Å²) in [7, 11) is 0. The Kier molecular flexibility index (Phi) is 9.69. The number of phenols is 1. The van der Waals surface area contributed by atoms with Crippen molar-refractivity contribution < 1.29 is 9.22 Å². The van der Waals surface area contributed by atoms with Gasteiger partial charge in [0.2, 0.25) is 0 Å². The molecule has 8 aromatic carbocycles. The van der Waals surface area contributed by atoms with Crippen molar-refractivity contribution in [2.75, 3.05) is 0 Å². The van der Waals surface area contributed by atoms with E-state index in [2.05, 4.69) is 99.6 Å². The van der Waals surface area contributed by atoms with Gasteiger partial charge in [-0.1, -0.05) is 154 Å². The molecule has 0 aliphatic heterocycles. The van der Waals surface area contributed by atoms with Gasteiger partial charge in [0.05, 0.1) is 28.0 Å². The summed E-state index contributed by atoms with van der Waals surface area (Å²) in [5.41, 5.74) is 16.6. The van der Waals surface area contributed by atoms with E-state index in [1.807, 2.05) is 134 Å². The smallest absolute Gasteiger partial charge is 0.149 e. The van der Waals surface area contributed by atoms with Crippen LogP contribution >= 0.6 is 0 Å². The van der Waals surface area contributed by atoms with E-state index in [1.54, 1.807) is 0 Å². The van der Waals surface area contributed by atoms with E-state index in [-0.39, 0.29) is 16.7 Å². The molecule has 0 aliphatic carbocycles. The number of imidazole rings is 1. The Morgan fingerprint density at radius 3 is 1.80 bits per heavy atom. The number of pyridine rings is 1. The fourth-order valence-corrected chi connectivity index (χ4v) is 9.02. The SMILES string of the molecule is [2H]C([2H])([2H])c1cc(-n2c(-c3cc(C)cc(C)c3O)nc3c(-c4cc(-c5ccccc5)cc(-c5cc(-c6ccccc6)ccn5)c4)cccc32)c(-c2ccccc2)cc1-c1ccc(C(C)(C)C)cc1. The van der Waals surface area contributed by atoms with Gasteiger partial charge in [0.25, 0.3) is 0 Å². The lowest BCUT2D eigenvalue weighted by Gasteiger charge is -2.21. The number of aryl methyl sites for hydroxylation is 3. The zero-order chi connectivity index (χ0) is 47.3. The van der Waals surface area contributed by atoms with Crippen LogP contribution < -0.4 is 0 Å². The van der Waals surface area contributed by atoms with Crippen LogP contribution in [0.1, 0.15) is 47.1 Å². The Morgan fingerprint density at radius 1 is 0.492 bits per heavy atom. The topological polar surface area (TPSA) is 50.9 Å². The average Bonchev–Trinajstić information content (AvgIpc) is 3.74. The van der Waals surface area contributed by atoms with E-state index in [0.29, 0.717) is 33.7 Å². The largest absolute Gasteiger partial charge is 0.507 e. The first-order valence-corrected chi connectivity index (χ1v) is 22.1. The van der Waals surface area contributed by atoms with Gasteiger partial charge < -0.3 is 5.11 Å². The van der Waals surface area contributed by atoms with E-state index < -0.39 is 6.85 Å². The maximum Gasteiger partial charge on any atom is 0.149 e. The summed E-state index contributed by atoms with van der Waals surface area (Å²) in [5, 5.41) is 12.0. The zero-order valence-electron chi connectivity index (χ0n) is 40.3. The molecule has 10 aromatic rings. The summed E-state index contributed by atoms with van der Waals surface area (Å²) in [5.74, 6) is 0.601. The first-order valence-electron chi connectivity index (χ1n) is 23.6. The maximum atomic E-state index is 12.0. The Balaban J connectivity index is 1.27. The van der Waals surface area contributed by atoms with Crippen molar-refractivity contribution in [1.82, 2.24) is 14.5 Å². The van der Waals surface area contributed by atoms with Gasteiger partial charge in [0, 0.05) is 27.0 Å². The summed E-state index contributed by atoms with van der Waals surface area (Å²) in [6.07, 6.45) is 1.86. The highest BCUT2D eigenvalue weighted by molar-refractivity contribution is 5.99. The monoisotopic (exact) mass is 844 g/mol. The predicted molar refractivity (Wildman–Crippen MR) is 271 cm³/mol. The molecule has 10 rings (SSSR count). The number of hydrogen-bond donors (Lipinski definition) is 1. The standard InChI is InChI=1S/C61H51N3O/c1-39-31-41(3)59(65)54(32-39)60-63-58-51(48-34-47(43-19-12-8-13-20-43)35-49(36-48)55-37-46(29-30-62-55)42-17-10-7-11-18-42)23-16-24-56(58)64(60)57-33-40(2)52(38-53(57)44-21-14-9-15-22-44)45-25-27-50(28-26-45)61(4,5)6/h7-38,65H,1-6H3/i2D3. The number of fused-ring (bicyclic) bond motifs is 1. The quantitative estimate of drug-likeness (QED) is 0.166. The molecule has 2 aromatic heterocycles. The van der Waals surface area contributed by atoms with E-state index in [9.17, 15) is 5.11 Å². The molecule has 0 bridgehead atoms. The zero-order valence-corrected chi connectivity index (χ0v) is 37.3. The Hall–Kier alpha value is -7.82. The van der Waals surface area contributed by atoms with Crippen LogP contribution in [-0.2, 0) is 5.41 Å². The second-order valence-electron chi connectivity index (χ2n) is 18.0. The third kappa shape index (κ3) is 7.93. The Morgan fingerprint density at radius 2 is 1.12 bits per heavy atom. The van der Waals surface area contributed by atoms with E-state index in [0.717, 1.165) is 78.0 Å². The molecule has 4 nitrogen and oxygen atoms in total. The summed E-state index contributed by atoms with van der Waals surface area (Å²) in [4.78, 5) is 10.4. The second kappa shape index (κ2) is 16.7. The van der Waals surface area contributed by atoms with Crippen LogP contribution in [0.5, 0.6) is 5.75 Å². The van der Waals surface area contributed by atoms with Crippen LogP contribution in [0.4, 0.5) is 0 Å². The van der Waals surface area contributed by atoms with Crippen LogP contribution in [0.2, 0.25) is 0 Å². The molecule has 0 saturated carbocycles. The molecule has 1 N–H and O–H groups in total. The minimum absolute atomic E-state index is 0.0728. The van der Waals surface area contributed by atoms with Gasteiger partial charge in [0.15, 0.2) is 0 Å². The van der Waals surface area contributed by atoms with Crippen molar-refractivity contribution in [2.45, 2.75) is 46.9 Å². The van der Waals surface area contributed by atoms with Gasteiger partial charge in [-0.25, -0.2) is 4.98 Å². The van der Waals surface area contributed by atoms with Crippen molar-refractivity contribution >= 4 is 11.0 Å². The van der Waals surface area contributed by atoms with Crippen LogP contribution in [0.15, 0.2) is 194 Å². The molecule has 2 heterocycles. The van der Waals surface area contributed by atoms with Gasteiger partial charge >= 0.3 is 0 Å². The molecule has 0 unspecified atom stereocenters. The molecule has 0 radical (unpaired) electrons. The Bertz CT molecular complexity index is 3480. The fourth-order valence-electron chi connectivity index (χ4n) is 9.02. The van der Waals surface area contributed by atoms with Gasteiger partial charge in [-0.05, 0) is 147 Å². The number of aromatic nitrogens is 3. The first-order chi connectivity index (χ1) is 32.7. The minimum atomic E-state index is -2.48. The average molecular weight is 845 g/mol.